The normalized spacial score (nSPS) is 10.6. The Morgan fingerprint density at radius 1 is 1.00 bits per heavy atom. The monoisotopic (exact) mass is 272 g/mol. The summed E-state index contributed by atoms with van der Waals surface area (Å²) in [7, 11) is 0. The summed E-state index contributed by atoms with van der Waals surface area (Å²) in [5.41, 5.74) is 1.50. The van der Waals surface area contributed by atoms with Crippen LogP contribution in [-0.4, -0.2) is 5.10 Å². The second kappa shape index (κ2) is 4.74. The molecular formula is C14H9ClN2O2. The Hall–Kier alpha value is -2.33. The third kappa shape index (κ3) is 2.30. The highest BCUT2D eigenvalue weighted by molar-refractivity contribution is 6.30. The molecule has 0 aliphatic carbocycles. The Kier molecular flexibility index (Phi) is 2.93. The van der Waals surface area contributed by atoms with E-state index in [2.05, 4.69) is 5.10 Å². The molecule has 0 bridgehead atoms. The predicted molar refractivity (Wildman–Crippen MR) is 67.9 cm³/mol. The fourth-order valence-electron chi connectivity index (χ4n) is 1.79. The zero-order valence-electron chi connectivity index (χ0n) is 9.79. The van der Waals surface area contributed by atoms with Gasteiger partial charge in [-0.05, 0) is 28.9 Å². The summed E-state index contributed by atoms with van der Waals surface area (Å²) in [4.78, 5) is 0. The third-order valence-corrected chi connectivity index (χ3v) is 2.90. The quantitative estimate of drug-likeness (QED) is 0.673. The fourth-order valence-corrected chi connectivity index (χ4v) is 1.92. The van der Waals surface area contributed by atoms with Gasteiger partial charge in [-0.15, -0.1) is 0 Å². The number of aromatic nitrogens is 2. The van der Waals surface area contributed by atoms with Crippen molar-refractivity contribution in [2.24, 2.45) is 0 Å². The number of halogens is 1. The summed E-state index contributed by atoms with van der Waals surface area (Å²) in [6, 6.07) is 16.4. The van der Waals surface area contributed by atoms with Crippen LogP contribution in [0.1, 0.15) is 0 Å². The lowest BCUT2D eigenvalue weighted by Gasteiger charge is -1.97. The van der Waals surface area contributed by atoms with Crippen molar-refractivity contribution in [3.63, 3.8) is 0 Å². The lowest BCUT2D eigenvalue weighted by molar-refractivity contribution is -0.651. The molecule has 0 aliphatic heterocycles. The fraction of sp³-hybridized carbons (Fsp3) is 0. The van der Waals surface area contributed by atoms with E-state index in [0.717, 1.165) is 5.56 Å². The van der Waals surface area contributed by atoms with Crippen molar-refractivity contribution < 1.29 is 14.2 Å². The average Bonchev–Trinajstić information content (AvgIpc) is 2.83. The van der Waals surface area contributed by atoms with E-state index in [4.69, 9.17) is 16.0 Å². The second-order valence-electron chi connectivity index (χ2n) is 3.93. The molecule has 0 atom stereocenters. The molecule has 5 heteroatoms. The van der Waals surface area contributed by atoms with Crippen molar-refractivity contribution in [2.75, 3.05) is 0 Å². The van der Waals surface area contributed by atoms with Crippen LogP contribution in [0.5, 0.6) is 6.08 Å². The first-order chi connectivity index (χ1) is 9.24. The molecule has 0 unspecified atom stereocenters. The molecule has 0 fully saturated rings. The van der Waals surface area contributed by atoms with Crippen LogP contribution < -0.4 is 9.79 Å². The molecule has 0 saturated heterocycles. The maximum atomic E-state index is 11.4. The lowest BCUT2D eigenvalue weighted by atomic mass is 10.2. The number of rotatable bonds is 2. The number of hydrogen-bond donors (Lipinski definition) is 0. The highest BCUT2D eigenvalue weighted by atomic mass is 35.5. The van der Waals surface area contributed by atoms with E-state index in [1.54, 1.807) is 24.3 Å². The summed E-state index contributed by atoms with van der Waals surface area (Å²) in [6.45, 7) is 0. The molecule has 3 aromatic rings. The third-order valence-electron chi connectivity index (χ3n) is 2.65. The van der Waals surface area contributed by atoms with Crippen molar-refractivity contribution >= 4 is 11.6 Å². The van der Waals surface area contributed by atoms with Gasteiger partial charge in [0.1, 0.15) is 0 Å². The van der Waals surface area contributed by atoms with Crippen molar-refractivity contribution in [1.29, 1.82) is 0 Å². The Balaban J connectivity index is 2.15. The van der Waals surface area contributed by atoms with E-state index in [9.17, 15) is 5.11 Å². The molecular weight excluding hydrogens is 264 g/mol. The van der Waals surface area contributed by atoms with E-state index >= 15 is 0 Å². The summed E-state index contributed by atoms with van der Waals surface area (Å²) in [5, 5.41) is 15.9. The van der Waals surface area contributed by atoms with Crippen LogP contribution >= 0.6 is 11.6 Å². The highest BCUT2D eigenvalue weighted by Gasteiger charge is 2.19. The molecule has 0 amide bonds. The average molecular weight is 273 g/mol. The molecule has 0 aliphatic rings. The van der Waals surface area contributed by atoms with Crippen molar-refractivity contribution in [1.82, 2.24) is 5.10 Å². The summed E-state index contributed by atoms with van der Waals surface area (Å²) in [6.07, 6.45) is -0.631. The van der Waals surface area contributed by atoms with Crippen LogP contribution in [-0.2, 0) is 0 Å². The van der Waals surface area contributed by atoms with Gasteiger partial charge >= 0.3 is 5.89 Å². The smallest absolute Gasteiger partial charge is 0.303 e. The van der Waals surface area contributed by atoms with Crippen LogP contribution in [0.15, 0.2) is 59.0 Å². The zero-order valence-corrected chi connectivity index (χ0v) is 10.5. The van der Waals surface area contributed by atoms with Gasteiger partial charge in [-0.2, -0.15) is 0 Å². The van der Waals surface area contributed by atoms with Crippen molar-refractivity contribution in [2.45, 2.75) is 0 Å². The van der Waals surface area contributed by atoms with Crippen molar-refractivity contribution in [3.8, 4) is 23.2 Å². The first-order valence-corrected chi connectivity index (χ1v) is 6.03. The van der Waals surface area contributed by atoms with Gasteiger partial charge in [-0.1, -0.05) is 29.8 Å². The first kappa shape index (κ1) is 11.7. The van der Waals surface area contributed by atoms with Gasteiger partial charge in [0.25, 0.3) is 0 Å². The predicted octanol–water partition coefficient (Wildman–Crippen LogP) is 2.35. The van der Waals surface area contributed by atoms with Gasteiger partial charge in [0.2, 0.25) is 11.8 Å². The standard InChI is InChI=1S/C14H9ClN2O2/c15-11-6-8-12(9-7-11)17-13(19-14(18)16-17)10-4-2-1-3-5-10/h1-9H. The van der Waals surface area contributed by atoms with E-state index in [-0.39, 0.29) is 0 Å². The first-order valence-electron chi connectivity index (χ1n) is 5.65. The topological polar surface area (TPSA) is 53.0 Å². The Morgan fingerprint density at radius 3 is 2.37 bits per heavy atom. The largest absolute Gasteiger partial charge is 0.524 e. The Morgan fingerprint density at radius 2 is 1.68 bits per heavy atom. The zero-order chi connectivity index (χ0) is 13.2. The minimum atomic E-state index is -0.631. The van der Waals surface area contributed by atoms with Gasteiger partial charge in [-0.3, -0.25) is 0 Å². The minimum Gasteiger partial charge on any atom is -0.524 e. The molecule has 1 heterocycles. The van der Waals surface area contributed by atoms with E-state index in [1.165, 1.54) is 4.68 Å². The van der Waals surface area contributed by atoms with Gasteiger partial charge in [0.15, 0.2) is 0 Å². The number of nitrogens with zero attached hydrogens (tertiary/aromatic N) is 2. The molecule has 0 spiro atoms. The minimum absolute atomic E-state index is 0.396. The Labute approximate surface area is 114 Å². The molecule has 0 radical (unpaired) electrons. The maximum Gasteiger partial charge on any atom is 0.303 e. The van der Waals surface area contributed by atoms with Crippen LogP contribution in [0.3, 0.4) is 0 Å². The lowest BCUT2D eigenvalue weighted by Crippen LogP contribution is -2.34. The molecule has 0 saturated carbocycles. The van der Waals surface area contributed by atoms with Gasteiger partial charge in [0, 0.05) is 22.3 Å². The molecule has 0 N–H and O–H groups in total. The van der Waals surface area contributed by atoms with E-state index < -0.39 is 6.08 Å². The summed E-state index contributed by atoms with van der Waals surface area (Å²) >= 11 is 5.85. The summed E-state index contributed by atoms with van der Waals surface area (Å²) < 4.78 is 6.61. The Bertz CT molecular complexity index is 693. The molecule has 94 valence electrons. The van der Waals surface area contributed by atoms with E-state index in [0.29, 0.717) is 16.6 Å². The molecule has 2 aromatic carbocycles. The highest BCUT2D eigenvalue weighted by Crippen LogP contribution is 2.19. The van der Waals surface area contributed by atoms with Gasteiger partial charge < -0.3 is 9.52 Å². The molecule has 1 aromatic heterocycles. The van der Waals surface area contributed by atoms with Gasteiger partial charge in [0.05, 0.1) is 5.56 Å². The number of benzene rings is 2. The van der Waals surface area contributed by atoms with Gasteiger partial charge in [-0.25, -0.2) is 0 Å². The molecule has 4 nitrogen and oxygen atoms in total. The molecule has 3 rings (SSSR count). The van der Waals surface area contributed by atoms with Crippen LogP contribution in [0.2, 0.25) is 5.02 Å². The second-order valence-corrected chi connectivity index (χ2v) is 4.36. The van der Waals surface area contributed by atoms with Crippen molar-refractivity contribution in [3.05, 3.63) is 59.6 Å². The summed E-state index contributed by atoms with van der Waals surface area (Å²) in [5.74, 6) is 0.396. The molecule has 19 heavy (non-hydrogen) atoms. The number of hydrogen-bond acceptors (Lipinski definition) is 3. The van der Waals surface area contributed by atoms with E-state index in [1.807, 2.05) is 30.3 Å². The SMILES string of the molecule is [O-]c1n[n+](-c2ccc(Cl)cc2)c(-c2ccccc2)o1. The van der Waals surface area contributed by atoms with Crippen LogP contribution in [0.25, 0.3) is 17.1 Å². The van der Waals surface area contributed by atoms with Crippen LogP contribution in [0.4, 0.5) is 0 Å². The van der Waals surface area contributed by atoms with Crippen LogP contribution in [0, 0.1) is 0 Å². The maximum absolute atomic E-state index is 11.4.